The molecule has 2 aromatic carbocycles. The largest absolute Gasteiger partial charge is 0.506 e. The number of hydrogen-bond donors (Lipinski definition) is 2. The highest BCUT2D eigenvalue weighted by Crippen LogP contribution is 2.30. The number of nitro benzene ring substituents is 1. The molecule has 2 N–H and O–H groups in total. The summed E-state index contributed by atoms with van der Waals surface area (Å²) < 4.78 is 1.16. The standard InChI is InChI=1S/C14H9Br2N3O4/c15-9-5-8(13(20)11(16)6-9)7-17-18-14(21)10-3-1-2-4-12(10)19(22)23/h1-7,20H,(H,18,21)/b17-7-. The molecule has 0 saturated carbocycles. The normalized spacial score (nSPS) is 10.7. The molecule has 0 unspecified atom stereocenters. The van der Waals surface area contributed by atoms with Gasteiger partial charge in [0.2, 0.25) is 0 Å². The van der Waals surface area contributed by atoms with Crippen LogP contribution in [0.5, 0.6) is 5.75 Å². The van der Waals surface area contributed by atoms with Gasteiger partial charge in [-0.2, -0.15) is 5.10 Å². The van der Waals surface area contributed by atoms with Crippen molar-refractivity contribution in [3.63, 3.8) is 0 Å². The van der Waals surface area contributed by atoms with Crippen molar-refractivity contribution in [3.05, 3.63) is 66.6 Å². The summed E-state index contributed by atoms with van der Waals surface area (Å²) in [6.45, 7) is 0. The molecular formula is C14H9Br2N3O4. The number of hydrazone groups is 1. The Kier molecular flexibility index (Phi) is 5.45. The van der Waals surface area contributed by atoms with Crippen molar-refractivity contribution in [2.45, 2.75) is 0 Å². The number of benzene rings is 2. The molecule has 0 bridgehead atoms. The lowest BCUT2D eigenvalue weighted by Crippen LogP contribution is -2.18. The van der Waals surface area contributed by atoms with Gasteiger partial charge in [-0.15, -0.1) is 0 Å². The number of aromatic hydroxyl groups is 1. The number of phenols is 1. The van der Waals surface area contributed by atoms with E-state index in [4.69, 9.17) is 0 Å². The van der Waals surface area contributed by atoms with E-state index in [0.717, 1.165) is 0 Å². The number of halogens is 2. The molecule has 9 heteroatoms. The van der Waals surface area contributed by atoms with Gasteiger partial charge >= 0.3 is 0 Å². The SMILES string of the molecule is O=C(N/N=C\c1cc(Br)cc(Br)c1O)c1ccccc1[N+](=O)[O-]. The van der Waals surface area contributed by atoms with Gasteiger partial charge in [0.25, 0.3) is 11.6 Å². The van der Waals surface area contributed by atoms with Crippen LogP contribution in [0.4, 0.5) is 5.69 Å². The molecule has 0 radical (unpaired) electrons. The summed E-state index contributed by atoms with van der Waals surface area (Å²) in [5, 5.41) is 24.5. The first-order chi connectivity index (χ1) is 10.9. The summed E-state index contributed by atoms with van der Waals surface area (Å²) >= 11 is 6.44. The fourth-order valence-electron chi connectivity index (χ4n) is 1.73. The third kappa shape index (κ3) is 4.14. The number of carbonyl (C=O) groups excluding carboxylic acids is 1. The first-order valence-corrected chi connectivity index (χ1v) is 7.73. The smallest absolute Gasteiger partial charge is 0.282 e. The van der Waals surface area contributed by atoms with E-state index in [1.807, 2.05) is 0 Å². The van der Waals surface area contributed by atoms with Gasteiger partial charge in [-0.3, -0.25) is 14.9 Å². The molecule has 118 valence electrons. The van der Waals surface area contributed by atoms with Crippen molar-refractivity contribution >= 4 is 49.7 Å². The Morgan fingerprint density at radius 1 is 1.30 bits per heavy atom. The average molecular weight is 443 g/mol. The molecule has 1 amide bonds. The second-order valence-electron chi connectivity index (χ2n) is 4.30. The van der Waals surface area contributed by atoms with Crippen molar-refractivity contribution in [1.82, 2.24) is 5.43 Å². The van der Waals surface area contributed by atoms with E-state index in [2.05, 4.69) is 42.4 Å². The number of para-hydroxylation sites is 1. The molecule has 0 spiro atoms. The maximum Gasteiger partial charge on any atom is 0.282 e. The Hall–Kier alpha value is -2.26. The van der Waals surface area contributed by atoms with Crippen LogP contribution in [0.15, 0.2) is 50.4 Å². The number of nitrogens with one attached hydrogen (secondary N) is 1. The predicted octanol–water partition coefficient (Wildman–Crippen LogP) is 3.59. The number of nitrogens with zero attached hydrogens (tertiary/aromatic N) is 2. The molecule has 0 aromatic heterocycles. The Morgan fingerprint density at radius 3 is 2.70 bits per heavy atom. The summed E-state index contributed by atoms with van der Waals surface area (Å²) in [6.07, 6.45) is 1.23. The van der Waals surface area contributed by atoms with E-state index in [9.17, 15) is 20.0 Å². The summed E-state index contributed by atoms with van der Waals surface area (Å²) in [5.41, 5.74) is 2.13. The van der Waals surface area contributed by atoms with Crippen LogP contribution >= 0.6 is 31.9 Å². The molecule has 0 aliphatic carbocycles. The first kappa shape index (κ1) is 17.1. The zero-order valence-electron chi connectivity index (χ0n) is 11.4. The van der Waals surface area contributed by atoms with Gasteiger partial charge in [0.15, 0.2) is 0 Å². The van der Waals surface area contributed by atoms with Crippen LogP contribution in [0.2, 0.25) is 0 Å². The van der Waals surface area contributed by atoms with Crippen molar-refractivity contribution in [2.75, 3.05) is 0 Å². The molecule has 0 aliphatic heterocycles. The summed E-state index contributed by atoms with van der Waals surface area (Å²) in [6, 6.07) is 8.80. The Balaban J connectivity index is 2.19. The van der Waals surface area contributed by atoms with Gasteiger partial charge in [-0.1, -0.05) is 28.1 Å². The maximum absolute atomic E-state index is 12.0. The number of rotatable bonds is 4. The van der Waals surface area contributed by atoms with Crippen LogP contribution in [0.3, 0.4) is 0 Å². The molecular weight excluding hydrogens is 434 g/mol. The predicted molar refractivity (Wildman–Crippen MR) is 91.7 cm³/mol. The number of phenolic OH excluding ortho intramolecular Hbond substituents is 1. The average Bonchev–Trinajstić information content (AvgIpc) is 2.51. The molecule has 23 heavy (non-hydrogen) atoms. The highest BCUT2D eigenvalue weighted by molar-refractivity contribution is 9.11. The lowest BCUT2D eigenvalue weighted by molar-refractivity contribution is -0.385. The quantitative estimate of drug-likeness (QED) is 0.428. The van der Waals surface area contributed by atoms with E-state index in [1.165, 1.54) is 30.5 Å². The van der Waals surface area contributed by atoms with Gasteiger partial charge in [-0.05, 0) is 34.1 Å². The fourth-order valence-corrected chi connectivity index (χ4v) is 2.99. The highest BCUT2D eigenvalue weighted by Gasteiger charge is 2.18. The molecule has 0 heterocycles. The second-order valence-corrected chi connectivity index (χ2v) is 6.07. The van der Waals surface area contributed by atoms with Crippen LogP contribution < -0.4 is 5.43 Å². The Morgan fingerprint density at radius 2 is 2.00 bits per heavy atom. The second kappa shape index (κ2) is 7.34. The Bertz CT molecular complexity index is 809. The van der Waals surface area contributed by atoms with Crippen molar-refractivity contribution in [1.29, 1.82) is 0 Å². The van der Waals surface area contributed by atoms with Gasteiger partial charge in [0, 0.05) is 16.1 Å². The Labute approximate surface area is 147 Å². The molecule has 0 fully saturated rings. The van der Waals surface area contributed by atoms with E-state index in [1.54, 1.807) is 12.1 Å². The van der Waals surface area contributed by atoms with Gasteiger partial charge in [-0.25, -0.2) is 5.43 Å². The highest BCUT2D eigenvalue weighted by atomic mass is 79.9. The first-order valence-electron chi connectivity index (χ1n) is 6.15. The van der Waals surface area contributed by atoms with Gasteiger partial charge < -0.3 is 5.11 Å². The lowest BCUT2D eigenvalue weighted by Gasteiger charge is -2.03. The van der Waals surface area contributed by atoms with E-state index in [0.29, 0.717) is 14.5 Å². The van der Waals surface area contributed by atoms with E-state index >= 15 is 0 Å². The minimum absolute atomic E-state index is 0.0445. The van der Waals surface area contributed by atoms with Crippen LogP contribution in [0.25, 0.3) is 0 Å². The summed E-state index contributed by atoms with van der Waals surface area (Å²) in [4.78, 5) is 22.2. The molecule has 0 atom stereocenters. The van der Waals surface area contributed by atoms with E-state index < -0.39 is 10.8 Å². The van der Waals surface area contributed by atoms with E-state index in [-0.39, 0.29) is 17.0 Å². The molecule has 7 nitrogen and oxygen atoms in total. The number of nitro groups is 1. The third-order valence-electron chi connectivity index (χ3n) is 2.77. The minimum atomic E-state index is -0.720. The number of amides is 1. The molecule has 0 saturated heterocycles. The van der Waals surface area contributed by atoms with Crippen LogP contribution in [-0.2, 0) is 0 Å². The molecule has 0 aliphatic rings. The van der Waals surface area contributed by atoms with Crippen molar-refractivity contribution in [3.8, 4) is 5.75 Å². The zero-order chi connectivity index (χ0) is 17.0. The third-order valence-corrected chi connectivity index (χ3v) is 3.84. The summed E-state index contributed by atoms with van der Waals surface area (Å²) in [7, 11) is 0. The van der Waals surface area contributed by atoms with Gasteiger partial charge in [0.1, 0.15) is 11.3 Å². The zero-order valence-corrected chi connectivity index (χ0v) is 14.5. The summed E-state index contributed by atoms with van der Waals surface area (Å²) in [5.74, 6) is -0.765. The maximum atomic E-state index is 12.0. The molecule has 2 aromatic rings. The van der Waals surface area contributed by atoms with Crippen molar-refractivity contribution < 1.29 is 14.8 Å². The lowest BCUT2D eigenvalue weighted by atomic mass is 10.2. The minimum Gasteiger partial charge on any atom is -0.506 e. The van der Waals surface area contributed by atoms with Gasteiger partial charge in [0.05, 0.1) is 15.6 Å². The number of carbonyl (C=O) groups is 1. The van der Waals surface area contributed by atoms with Crippen molar-refractivity contribution in [2.24, 2.45) is 5.10 Å². The van der Waals surface area contributed by atoms with Crippen LogP contribution in [-0.4, -0.2) is 22.2 Å². The topological polar surface area (TPSA) is 105 Å². The monoisotopic (exact) mass is 441 g/mol. The molecule has 2 rings (SSSR count). The number of hydrogen-bond acceptors (Lipinski definition) is 5. The fraction of sp³-hybridized carbons (Fsp3) is 0. The van der Waals surface area contributed by atoms with Crippen LogP contribution in [0.1, 0.15) is 15.9 Å². The van der Waals surface area contributed by atoms with Crippen LogP contribution in [0, 0.1) is 10.1 Å².